The van der Waals surface area contributed by atoms with Gasteiger partial charge in [0.1, 0.15) is 5.82 Å². The molecule has 3 heteroatoms. The summed E-state index contributed by atoms with van der Waals surface area (Å²) < 4.78 is 2.10. The number of benzene rings is 1. The Morgan fingerprint density at radius 3 is 2.35 bits per heavy atom. The summed E-state index contributed by atoms with van der Waals surface area (Å²) in [6.45, 7) is 4.71. The van der Waals surface area contributed by atoms with Crippen LogP contribution in [0.5, 0.6) is 0 Å². The van der Waals surface area contributed by atoms with E-state index in [1.165, 1.54) is 5.56 Å². The van der Waals surface area contributed by atoms with E-state index in [0.29, 0.717) is 6.54 Å². The highest BCUT2D eigenvalue weighted by molar-refractivity contribution is 5.57. The van der Waals surface area contributed by atoms with E-state index >= 15 is 0 Å². The maximum absolute atomic E-state index is 5.68. The summed E-state index contributed by atoms with van der Waals surface area (Å²) in [5.74, 6) is 0.991. The van der Waals surface area contributed by atoms with Gasteiger partial charge in [-0.15, -0.1) is 0 Å². The SMILES string of the molecule is CCc1ccc(-c2nc(CN)c(C)n2C)cc1. The number of rotatable bonds is 3. The smallest absolute Gasteiger partial charge is 0.140 e. The van der Waals surface area contributed by atoms with Gasteiger partial charge in [0.25, 0.3) is 0 Å². The molecule has 0 saturated carbocycles. The molecule has 1 aromatic heterocycles. The second kappa shape index (κ2) is 4.72. The highest BCUT2D eigenvalue weighted by atomic mass is 15.1. The molecule has 2 N–H and O–H groups in total. The van der Waals surface area contributed by atoms with Gasteiger partial charge in [-0.25, -0.2) is 4.98 Å². The Kier molecular flexibility index (Phi) is 3.29. The van der Waals surface area contributed by atoms with Crippen molar-refractivity contribution in [1.82, 2.24) is 9.55 Å². The van der Waals surface area contributed by atoms with Gasteiger partial charge in [0.15, 0.2) is 0 Å². The predicted octanol–water partition coefficient (Wildman–Crippen LogP) is 2.42. The molecular weight excluding hydrogens is 210 g/mol. The average Bonchev–Trinajstić information content (AvgIpc) is 2.66. The molecule has 1 aromatic carbocycles. The average molecular weight is 229 g/mol. The topological polar surface area (TPSA) is 43.8 Å². The van der Waals surface area contributed by atoms with E-state index in [1.807, 2.05) is 7.05 Å². The van der Waals surface area contributed by atoms with Crippen molar-refractivity contribution in [2.45, 2.75) is 26.8 Å². The first-order chi connectivity index (χ1) is 8.17. The van der Waals surface area contributed by atoms with Crippen molar-refractivity contribution < 1.29 is 0 Å². The van der Waals surface area contributed by atoms with Crippen LogP contribution in [0.2, 0.25) is 0 Å². The van der Waals surface area contributed by atoms with Gasteiger partial charge in [-0.3, -0.25) is 0 Å². The standard InChI is InChI=1S/C14H19N3/c1-4-11-5-7-12(8-6-11)14-16-13(9-15)10(2)17(14)3/h5-8H,4,9,15H2,1-3H3. The van der Waals surface area contributed by atoms with E-state index in [2.05, 4.69) is 47.7 Å². The molecule has 1 heterocycles. The summed E-state index contributed by atoms with van der Waals surface area (Å²) in [5, 5.41) is 0. The molecule has 2 rings (SSSR count). The second-order valence-corrected chi connectivity index (χ2v) is 4.28. The summed E-state index contributed by atoms with van der Waals surface area (Å²) in [6, 6.07) is 8.56. The molecule has 90 valence electrons. The van der Waals surface area contributed by atoms with E-state index in [-0.39, 0.29) is 0 Å². The lowest BCUT2D eigenvalue weighted by Gasteiger charge is -2.04. The Hall–Kier alpha value is -1.61. The minimum Gasteiger partial charge on any atom is -0.331 e. The van der Waals surface area contributed by atoms with E-state index < -0.39 is 0 Å². The maximum atomic E-state index is 5.68. The molecular formula is C14H19N3. The number of aromatic nitrogens is 2. The van der Waals surface area contributed by atoms with Crippen LogP contribution in [0.25, 0.3) is 11.4 Å². The van der Waals surface area contributed by atoms with Gasteiger partial charge >= 0.3 is 0 Å². The van der Waals surface area contributed by atoms with Crippen molar-refractivity contribution in [2.24, 2.45) is 12.8 Å². The lowest BCUT2D eigenvalue weighted by molar-refractivity contribution is 0.873. The molecule has 0 aliphatic carbocycles. The molecule has 0 fully saturated rings. The quantitative estimate of drug-likeness (QED) is 0.878. The third-order valence-electron chi connectivity index (χ3n) is 3.29. The van der Waals surface area contributed by atoms with Crippen molar-refractivity contribution >= 4 is 0 Å². The Labute approximate surface area is 102 Å². The number of imidazole rings is 1. The molecule has 3 nitrogen and oxygen atoms in total. The molecule has 2 aromatic rings. The fourth-order valence-electron chi connectivity index (χ4n) is 1.98. The summed E-state index contributed by atoms with van der Waals surface area (Å²) in [7, 11) is 2.03. The summed E-state index contributed by atoms with van der Waals surface area (Å²) in [5.41, 5.74) is 10.3. The first kappa shape index (κ1) is 11.9. The molecule has 0 aliphatic heterocycles. The molecule has 0 aliphatic rings. The number of hydrogen-bond acceptors (Lipinski definition) is 2. The van der Waals surface area contributed by atoms with Crippen LogP contribution in [-0.4, -0.2) is 9.55 Å². The highest BCUT2D eigenvalue weighted by Crippen LogP contribution is 2.21. The molecule has 0 unspecified atom stereocenters. The molecule has 0 radical (unpaired) electrons. The Morgan fingerprint density at radius 1 is 1.24 bits per heavy atom. The van der Waals surface area contributed by atoms with Crippen molar-refractivity contribution in [3.8, 4) is 11.4 Å². The van der Waals surface area contributed by atoms with Gasteiger partial charge in [0, 0.05) is 24.8 Å². The zero-order valence-corrected chi connectivity index (χ0v) is 10.7. The molecule has 0 spiro atoms. The van der Waals surface area contributed by atoms with E-state index in [9.17, 15) is 0 Å². The number of aryl methyl sites for hydroxylation is 1. The molecule has 0 bridgehead atoms. The van der Waals surface area contributed by atoms with E-state index in [0.717, 1.165) is 29.2 Å². The van der Waals surface area contributed by atoms with Crippen LogP contribution in [0.4, 0.5) is 0 Å². The van der Waals surface area contributed by atoms with Crippen LogP contribution in [0.3, 0.4) is 0 Å². The number of nitrogens with two attached hydrogens (primary N) is 1. The fraction of sp³-hybridized carbons (Fsp3) is 0.357. The van der Waals surface area contributed by atoms with E-state index in [4.69, 9.17) is 5.73 Å². The Morgan fingerprint density at radius 2 is 1.88 bits per heavy atom. The molecule has 0 amide bonds. The largest absolute Gasteiger partial charge is 0.331 e. The second-order valence-electron chi connectivity index (χ2n) is 4.28. The van der Waals surface area contributed by atoms with Crippen LogP contribution < -0.4 is 5.73 Å². The Bertz CT molecular complexity index is 509. The predicted molar refractivity (Wildman–Crippen MR) is 70.7 cm³/mol. The molecule has 17 heavy (non-hydrogen) atoms. The van der Waals surface area contributed by atoms with Crippen LogP contribution in [0.15, 0.2) is 24.3 Å². The van der Waals surface area contributed by atoms with Gasteiger partial charge in [0.05, 0.1) is 5.69 Å². The van der Waals surface area contributed by atoms with Gasteiger partial charge in [-0.05, 0) is 18.9 Å². The lowest BCUT2D eigenvalue weighted by Crippen LogP contribution is -1.99. The maximum Gasteiger partial charge on any atom is 0.140 e. The fourth-order valence-corrected chi connectivity index (χ4v) is 1.98. The number of hydrogen-bond donors (Lipinski definition) is 1. The minimum atomic E-state index is 0.493. The zero-order valence-electron chi connectivity index (χ0n) is 10.7. The van der Waals surface area contributed by atoms with E-state index in [1.54, 1.807) is 0 Å². The van der Waals surface area contributed by atoms with Gasteiger partial charge in [-0.2, -0.15) is 0 Å². The zero-order chi connectivity index (χ0) is 12.4. The van der Waals surface area contributed by atoms with Crippen molar-refractivity contribution in [1.29, 1.82) is 0 Å². The van der Waals surface area contributed by atoms with Gasteiger partial charge in [-0.1, -0.05) is 31.2 Å². The first-order valence-corrected chi connectivity index (χ1v) is 5.99. The first-order valence-electron chi connectivity index (χ1n) is 5.99. The van der Waals surface area contributed by atoms with Crippen molar-refractivity contribution in [2.75, 3.05) is 0 Å². The highest BCUT2D eigenvalue weighted by Gasteiger charge is 2.11. The van der Waals surface area contributed by atoms with Crippen molar-refractivity contribution in [3.05, 3.63) is 41.2 Å². The summed E-state index contributed by atoms with van der Waals surface area (Å²) >= 11 is 0. The summed E-state index contributed by atoms with van der Waals surface area (Å²) in [4.78, 5) is 4.59. The van der Waals surface area contributed by atoms with Crippen LogP contribution >= 0.6 is 0 Å². The minimum absolute atomic E-state index is 0.493. The lowest BCUT2D eigenvalue weighted by atomic mass is 10.1. The van der Waals surface area contributed by atoms with Gasteiger partial charge in [0.2, 0.25) is 0 Å². The van der Waals surface area contributed by atoms with Crippen LogP contribution in [0, 0.1) is 6.92 Å². The van der Waals surface area contributed by atoms with Crippen molar-refractivity contribution in [3.63, 3.8) is 0 Å². The Balaban J connectivity index is 2.45. The number of nitrogens with zero attached hydrogens (tertiary/aromatic N) is 2. The van der Waals surface area contributed by atoms with Gasteiger partial charge < -0.3 is 10.3 Å². The van der Waals surface area contributed by atoms with Crippen LogP contribution in [-0.2, 0) is 20.0 Å². The monoisotopic (exact) mass is 229 g/mol. The summed E-state index contributed by atoms with van der Waals surface area (Å²) in [6.07, 6.45) is 1.06. The third-order valence-corrected chi connectivity index (χ3v) is 3.29. The third kappa shape index (κ3) is 2.11. The van der Waals surface area contributed by atoms with Crippen LogP contribution in [0.1, 0.15) is 23.9 Å². The molecule has 0 atom stereocenters. The normalized spacial score (nSPS) is 10.8. The molecule has 0 saturated heterocycles.